The van der Waals surface area contributed by atoms with Gasteiger partial charge in [-0.2, -0.15) is 0 Å². The lowest BCUT2D eigenvalue weighted by atomic mass is 9.77. The smallest absolute Gasteiger partial charge is 0.230 e. The molecule has 1 atom stereocenters. The second-order valence-corrected chi connectivity index (χ2v) is 10.0. The van der Waals surface area contributed by atoms with E-state index in [0.717, 1.165) is 44.2 Å². The number of anilines is 1. The summed E-state index contributed by atoms with van der Waals surface area (Å²) >= 11 is 6.34. The molecule has 2 aliphatic carbocycles. The second kappa shape index (κ2) is 12.2. The van der Waals surface area contributed by atoms with Crippen LogP contribution in [0.5, 0.6) is 0 Å². The van der Waals surface area contributed by atoms with Crippen LogP contribution in [0.4, 0.5) is 10.1 Å². The van der Waals surface area contributed by atoms with Gasteiger partial charge in [0.25, 0.3) is 0 Å². The molecule has 4 N–H and O–H groups in total. The quantitative estimate of drug-likeness (QED) is 0.476. The fraction of sp³-hybridized carbons (Fsp3) is 0.500. The van der Waals surface area contributed by atoms with Gasteiger partial charge in [0.05, 0.1) is 5.41 Å². The minimum absolute atomic E-state index is 0. The van der Waals surface area contributed by atoms with Crippen molar-refractivity contribution in [1.29, 1.82) is 0 Å². The number of carbonyl (C=O) groups is 2. The van der Waals surface area contributed by atoms with E-state index in [4.69, 9.17) is 17.3 Å². The third-order valence-corrected chi connectivity index (χ3v) is 7.85. The van der Waals surface area contributed by atoms with Crippen LogP contribution in [0.2, 0.25) is 5.02 Å². The van der Waals surface area contributed by atoms with E-state index in [9.17, 15) is 14.0 Å². The number of hydrogen-bond acceptors (Lipinski definition) is 4. The standard InChI is InChI=1S/C26H32ClFN4O2.ClH/c27-22-15-19(28)7-8-21(22)26(11-1-2-12-26)25(34)31-16-23(29)17-3-5-18(6-4-17)24(33)32-20-9-13-30-14-10-20;/h7-10,13-15,17-18,23H,1-6,11-12,16,29H2,(H,31,34)(H,30,32,33);1H. The highest BCUT2D eigenvalue weighted by atomic mass is 35.5. The molecule has 6 nitrogen and oxygen atoms in total. The Balaban J connectivity index is 0.00000342. The van der Waals surface area contributed by atoms with E-state index in [0.29, 0.717) is 30.0 Å². The lowest BCUT2D eigenvalue weighted by Gasteiger charge is -2.33. The third-order valence-electron chi connectivity index (χ3n) is 7.53. The maximum atomic E-state index is 13.6. The van der Waals surface area contributed by atoms with E-state index in [1.54, 1.807) is 30.6 Å². The second-order valence-electron chi connectivity index (χ2n) is 9.62. The molecule has 1 heterocycles. The minimum atomic E-state index is -0.729. The Kier molecular flexibility index (Phi) is 9.50. The van der Waals surface area contributed by atoms with Gasteiger partial charge in [-0.25, -0.2) is 4.39 Å². The maximum Gasteiger partial charge on any atom is 0.230 e. The molecule has 190 valence electrons. The Morgan fingerprint density at radius 1 is 1.11 bits per heavy atom. The number of halogens is 3. The fourth-order valence-electron chi connectivity index (χ4n) is 5.51. The summed E-state index contributed by atoms with van der Waals surface area (Å²) in [7, 11) is 0. The van der Waals surface area contributed by atoms with E-state index in [1.807, 2.05) is 0 Å². The summed E-state index contributed by atoms with van der Waals surface area (Å²) in [6.45, 7) is 0.373. The van der Waals surface area contributed by atoms with Crippen LogP contribution in [0.25, 0.3) is 0 Å². The average Bonchev–Trinajstić information content (AvgIpc) is 3.34. The first-order chi connectivity index (χ1) is 16.4. The zero-order valence-electron chi connectivity index (χ0n) is 19.6. The van der Waals surface area contributed by atoms with Gasteiger partial charge in [-0.1, -0.05) is 30.5 Å². The number of nitrogens with one attached hydrogen (secondary N) is 2. The number of hydrogen-bond donors (Lipinski definition) is 3. The topological polar surface area (TPSA) is 97.1 Å². The van der Waals surface area contributed by atoms with Crippen LogP contribution in [0.1, 0.15) is 56.9 Å². The molecule has 0 radical (unpaired) electrons. The molecule has 1 unspecified atom stereocenters. The summed E-state index contributed by atoms with van der Waals surface area (Å²) in [4.78, 5) is 29.9. The van der Waals surface area contributed by atoms with Crippen molar-refractivity contribution in [2.24, 2.45) is 17.6 Å². The molecule has 2 aromatic rings. The van der Waals surface area contributed by atoms with Gasteiger partial charge in [0.1, 0.15) is 5.82 Å². The normalized spacial score (nSPS) is 22.0. The van der Waals surface area contributed by atoms with Crippen LogP contribution in [-0.4, -0.2) is 29.4 Å². The molecule has 2 fully saturated rings. The summed E-state index contributed by atoms with van der Waals surface area (Å²) in [6.07, 6.45) is 9.79. The van der Waals surface area contributed by atoms with Crippen molar-refractivity contribution in [1.82, 2.24) is 10.3 Å². The highest BCUT2D eigenvalue weighted by Gasteiger charge is 2.44. The van der Waals surface area contributed by atoms with Gasteiger partial charge in [-0.05, 0) is 74.3 Å². The molecule has 9 heteroatoms. The molecule has 0 aliphatic heterocycles. The summed E-state index contributed by atoms with van der Waals surface area (Å²) in [5, 5.41) is 6.32. The molecule has 4 rings (SSSR count). The van der Waals surface area contributed by atoms with E-state index >= 15 is 0 Å². The fourth-order valence-corrected chi connectivity index (χ4v) is 5.86. The molecule has 1 aromatic heterocycles. The van der Waals surface area contributed by atoms with Gasteiger partial charge >= 0.3 is 0 Å². The van der Waals surface area contributed by atoms with Crippen molar-refractivity contribution >= 4 is 41.5 Å². The Bertz CT molecular complexity index is 1010. The van der Waals surface area contributed by atoms with E-state index < -0.39 is 11.2 Å². The zero-order valence-corrected chi connectivity index (χ0v) is 21.2. The molecular formula is C26H33Cl2FN4O2. The number of carbonyl (C=O) groups excluding carboxylic acids is 2. The number of aromatic nitrogens is 1. The Morgan fingerprint density at radius 3 is 2.40 bits per heavy atom. The molecule has 1 aromatic carbocycles. The first kappa shape index (κ1) is 27.4. The Hall–Kier alpha value is -2.22. The molecular weight excluding hydrogens is 490 g/mol. The monoisotopic (exact) mass is 522 g/mol. The number of pyridine rings is 1. The van der Waals surface area contributed by atoms with Crippen molar-refractivity contribution in [3.8, 4) is 0 Å². The number of nitrogens with zero attached hydrogens (tertiary/aromatic N) is 1. The maximum absolute atomic E-state index is 13.6. The minimum Gasteiger partial charge on any atom is -0.354 e. The van der Waals surface area contributed by atoms with Crippen LogP contribution < -0.4 is 16.4 Å². The Morgan fingerprint density at radius 2 is 1.77 bits per heavy atom. The summed E-state index contributed by atoms with van der Waals surface area (Å²) in [6, 6.07) is 7.65. The van der Waals surface area contributed by atoms with E-state index in [2.05, 4.69) is 15.6 Å². The molecule has 2 aliphatic rings. The molecule has 0 bridgehead atoms. The predicted octanol–water partition coefficient (Wildman–Crippen LogP) is 5.00. The zero-order chi connectivity index (χ0) is 24.1. The van der Waals surface area contributed by atoms with Crippen LogP contribution >= 0.6 is 24.0 Å². The van der Waals surface area contributed by atoms with Crippen molar-refractivity contribution in [2.45, 2.75) is 62.8 Å². The summed E-state index contributed by atoms with van der Waals surface area (Å²) in [5.74, 6) is -0.243. The van der Waals surface area contributed by atoms with Gasteiger partial charge < -0.3 is 16.4 Å². The molecule has 2 amide bonds. The average molecular weight is 523 g/mol. The van der Waals surface area contributed by atoms with Crippen molar-refractivity contribution in [3.05, 3.63) is 59.1 Å². The van der Waals surface area contributed by atoms with Gasteiger partial charge in [0, 0.05) is 41.6 Å². The first-order valence-corrected chi connectivity index (χ1v) is 12.5. The Labute approximate surface area is 217 Å². The van der Waals surface area contributed by atoms with Crippen LogP contribution in [0, 0.1) is 17.7 Å². The van der Waals surface area contributed by atoms with E-state index in [1.165, 1.54) is 12.1 Å². The number of nitrogens with two attached hydrogens (primary N) is 1. The van der Waals surface area contributed by atoms with Crippen molar-refractivity contribution < 1.29 is 14.0 Å². The van der Waals surface area contributed by atoms with Crippen LogP contribution in [0.3, 0.4) is 0 Å². The third kappa shape index (κ3) is 6.32. The van der Waals surface area contributed by atoms with Gasteiger partial charge in [0.15, 0.2) is 0 Å². The highest BCUT2D eigenvalue weighted by Crippen LogP contribution is 2.44. The van der Waals surface area contributed by atoms with Gasteiger partial charge in [-0.3, -0.25) is 14.6 Å². The summed E-state index contributed by atoms with van der Waals surface area (Å²) in [5.41, 5.74) is 7.19. The van der Waals surface area contributed by atoms with E-state index in [-0.39, 0.29) is 42.1 Å². The molecule has 0 saturated heterocycles. The van der Waals surface area contributed by atoms with Crippen LogP contribution in [0.15, 0.2) is 42.7 Å². The molecule has 0 spiro atoms. The number of rotatable bonds is 7. The SMILES string of the molecule is Cl.NC(CNC(=O)C1(c2ccc(F)cc2Cl)CCCC1)C1CCC(C(=O)Nc2ccncc2)CC1. The first-order valence-electron chi connectivity index (χ1n) is 12.1. The van der Waals surface area contributed by atoms with Crippen molar-refractivity contribution in [2.75, 3.05) is 11.9 Å². The molecule has 35 heavy (non-hydrogen) atoms. The lowest BCUT2D eigenvalue weighted by Crippen LogP contribution is -2.49. The number of benzene rings is 1. The van der Waals surface area contributed by atoms with Crippen molar-refractivity contribution in [3.63, 3.8) is 0 Å². The van der Waals surface area contributed by atoms with Crippen LogP contribution in [-0.2, 0) is 15.0 Å². The summed E-state index contributed by atoms with van der Waals surface area (Å²) < 4.78 is 13.6. The highest BCUT2D eigenvalue weighted by molar-refractivity contribution is 6.31. The predicted molar refractivity (Wildman–Crippen MR) is 138 cm³/mol. The largest absolute Gasteiger partial charge is 0.354 e. The number of amides is 2. The van der Waals surface area contributed by atoms with Gasteiger partial charge in [0.2, 0.25) is 11.8 Å². The van der Waals surface area contributed by atoms with Gasteiger partial charge in [-0.15, -0.1) is 12.4 Å². The lowest BCUT2D eigenvalue weighted by molar-refractivity contribution is -0.126. The molecule has 2 saturated carbocycles.